The molecule has 8 nitrogen and oxygen atoms in total. The lowest BCUT2D eigenvalue weighted by Crippen LogP contribution is -2.13. The SMILES string of the molecule is COc1cc(OC)c(NC(=O)c2ccc(Oc3ccc4ncccc4c3)o2)c(OC)c1. The minimum atomic E-state index is -0.487. The first-order valence-electron chi connectivity index (χ1n) is 9.35. The summed E-state index contributed by atoms with van der Waals surface area (Å²) in [6, 6.07) is 15.6. The molecule has 0 fully saturated rings. The van der Waals surface area contributed by atoms with Crippen LogP contribution in [-0.4, -0.2) is 32.2 Å². The number of ether oxygens (including phenoxy) is 4. The van der Waals surface area contributed by atoms with Crippen molar-refractivity contribution in [3.63, 3.8) is 0 Å². The molecule has 0 saturated heterocycles. The van der Waals surface area contributed by atoms with E-state index in [1.807, 2.05) is 24.3 Å². The quantitative estimate of drug-likeness (QED) is 0.455. The highest BCUT2D eigenvalue weighted by Crippen LogP contribution is 2.39. The van der Waals surface area contributed by atoms with E-state index in [0.717, 1.165) is 10.9 Å². The molecule has 2 heterocycles. The molecule has 0 aliphatic heterocycles. The number of hydrogen-bond donors (Lipinski definition) is 1. The number of hydrogen-bond acceptors (Lipinski definition) is 7. The summed E-state index contributed by atoms with van der Waals surface area (Å²) in [7, 11) is 4.51. The van der Waals surface area contributed by atoms with Crippen LogP contribution in [0.1, 0.15) is 10.6 Å². The van der Waals surface area contributed by atoms with Gasteiger partial charge in [0.1, 0.15) is 28.7 Å². The second kappa shape index (κ2) is 8.66. The van der Waals surface area contributed by atoms with Gasteiger partial charge in [-0.05, 0) is 30.3 Å². The first-order valence-corrected chi connectivity index (χ1v) is 9.35. The van der Waals surface area contributed by atoms with Crippen LogP contribution in [0, 0.1) is 0 Å². The summed E-state index contributed by atoms with van der Waals surface area (Å²) in [6.07, 6.45) is 1.73. The smallest absolute Gasteiger partial charge is 0.291 e. The van der Waals surface area contributed by atoms with Gasteiger partial charge in [0.25, 0.3) is 11.9 Å². The Balaban J connectivity index is 1.53. The Kier molecular flexibility index (Phi) is 5.61. The van der Waals surface area contributed by atoms with E-state index in [1.165, 1.54) is 27.4 Å². The molecule has 0 aliphatic rings. The zero-order chi connectivity index (χ0) is 21.8. The summed E-state index contributed by atoms with van der Waals surface area (Å²) in [5.74, 6) is 1.64. The van der Waals surface area contributed by atoms with Crippen LogP contribution in [0.2, 0.25) is 0 Å². The Morgan fingerprint density at radius 1 is 0.903 bits per heavy atom. The van der Waals surface area contributed by atoms with Gasteiger partial charge in [0.15, 0.2) is 5.76 Å². The molecule has 4 rings (SSSR count). The number of amides is 1. The molecule has 0 aliphatic carbocycles. The van der Waals surface area contributed by atoms with Crippen LogP contribution in [0.3, 0.4) is 0 Å². The van der Waals surface area contributed by atoms with Crippen molar-refractivity contribution in [2.24, 2.45) is 0 Å². The van der Waals surface area contributed by atoms with Gasteiger partial charge in [-0.2, -0.15) is 0 Å². The van der Waals surface area contributed by atoms with Gasteiger partial charge in [0, 0.05) is 29.8 Å². The average molecular weight is 420 g/mol. The lowest BCUT2D eigenvalue weighted by atomic mass is 10.2. The van der Waals surface area contributed by atoms with Crippen molar-refractivity contribution in [2.45, 2.75) is 0 Å². The van der Waals surface area contributed by atoms with Crippen LogP contribution < -0.4 is 24.3 Å². The number of methoxy groups -OCH3 is 3. The van der Waals surface area contributed by atoms with Gasteiger partial charge < -0.3 is 28.7 Å². The molecule has 2 aromatic heterocycles. The molecular formula is C23H20N2O6. The number of fused-ring (bicyclic) bond motifs is 1. The molecule has 0 saturated carbocycles. The number of nitrogens with zero attached hydrogens (tertiary/aromatic N) is 1. The predicted octanol–water partition coefficient (Wildman–Crippen LogP) is 4.90. The number of rotatable bonds is 7. The molecule has 1 amide bonds. The fourth-order valence-corrected chi connectivity index (χ4v) is 3.03. The van der Waals surface area contributed by atoms with Crippen molar-refractivity contribution < 1.29 is 28.2 Å². The van der Waals surface area contributed by atoms with Crippen LogP contribution >= 0.6 is 0 Å². The molecule has 0 atom stereocenters. The van der Waals surface area contributed by atoms with Crippen molar-refractivity contribution in [2.75, 3.05) is 26.6 Å². The molecule has 0 radical (unpaired) electrons. The third-order valence-electron chi connectivity index (χ3n) is 4.55. The highest BCUT2D eigenvalue weighted by molar-refractivity contribution is 6.04. The minimum Gasteiger partial charge on any atom is -0.496 e. The van der Waals surface area contributed by atoms with Crippen LogP contribution in [0.5, 0.6) is 28.9 Å². The maximum Gasteiger partial charge on any atom is 0.291 e. The zero-order valence-corrected chi connectivity index (χ0v) is 17.2. The lowest BCUT2D eigenvalue weighted by molar-refractivity contribution is 0.0991. The van der Waals surface area contributed by atoms with Gasteiger partial charge in [0.2, 0.25) is 0 Å². The van der Waals surface area contributed by atoms with Crippen molar-refractivity contribution >= 4 is 22.5 Å². The van der Waals surface area contributed by atoms with Gasteiger partial charge >= 0.3 is 0 Å². The Bertz CT molecular complexity index is 1210. The molecule has 2 aromatic carbocycles. The molecule has 0 spiro atoms. The number of aromatic nitrogens is 1. The molecule has 1 N–H and O–H groups in total. The number of pyridine rings is 1. The van der Waals surface area contributed by atoms with Crippen molar-refractivity contribution in [1.29, 1.82) is 0 Å². The highest BCUT2D eigenvalue weighted by Gasteiger charge is 2.19. The fraction of sp³-hybridized carbons (Fsp3) is 0.130. The number of carbonyl (C=O) groups is 1. The Morgan fingerprint density at radius 3 is 2.39 bits per heavy atom. The maximum atomic E-state index is 12.7. The summed E-state index contributed by atoms with van der Waals surface area (Å²) >= 11 is 0. The number of anilines is 1. The van der Waals surface area contributed by atoms with E-state index in [0.29, 0.717) is 28.7 Å². The maximum absolute atomic E-state index is 12.7. The average Bonchev–Trinajstić information content (AvgIpc) is 3.27. The van der Waals surface area contributed by atoms with Gasteiger partial charge in [0.05, 0.1) is 26.8 Å². The lowest BCUT2D eigenvalue weighted by Gasteiger charge is -2.15. The minimum absolute atomic E-state index is 0.0670. The van der Waals surface area contributed by atoms with E-state index >= 15 is 0 Å². The van der Waals surface area contributed by atoms with Gasteiger partial charge in [-0.15, -0.1) is 0 Å². The topological polar surface area (TPSA) is 92.1 Å². The molecule has 158 valence electrons. The third kappa shape index (κ3) is 4.23. The third-order valence-corrected chi connectivity index (χ3v) is 4.55. The standard InChI is InChI=1S/C23H20N2O6/c1-27-16-12-19(28-2)22(20(13-16)29-3)25-23(26)18-8-9-21(31-18)30-15-6-7-17-14(11-15)5-4-10-24-17/h4-13H,1-3H3,(H,25,26). The zero-order valence-electron chi connectivity index (χ0n) is 17.2. The predicted molar refractivity (Wildman–Crippen MR) is 115 cm³/mol. The van der Waals surface area contributed by atoms with E-state index < -0.39 is 5.91 Å². The monoisotopic (exact) mass is 420 g/mol. The van der Waals surface area contributed by atoms with Gasteiger partial charge in [-0.3, -0.25) is 9.78 Å². The number of nitrogens with one attached hydrogen (secondary N) is 1. The molecule has 4 aromatic rings. The molecule has 8 heteroatoms. The van der Waals surface area contributed by atoms with Crippen LogP contribution in [0.15, 0.2) is 65.2 Å². The van der Waals surface area contributed by atoms with E-state index in [4.69, 9.17) is 23.4 Å². The first kappa shape index (κ1) is 20.1. The molecule has 0 bridgehead atoms. The van der Waals surface area contributed by atoms with Crippen LogP contribution in [-0.2, 0) is 0 Å². The van der Waals surface area contributed by atoms with Crippen molar-refractivity contribution in [1.82, 2.24) is 4.98 Å². The summed E-state index contributed by atoms with van der Waals surface area (Å²) in [5, 5.41) is 3.68. The van der Waals surface area contributed by atoms with E-state index in [2.05, 4.69) is 10.3 Å². The summed E-state index contributed by atoms with van der Waals surface area (Å²) in [6.45, 7) is 0. The Labute approximate surface area is 178 Å². The van der Waals surface area contributed by atoms with E-state index in [9.17, 15) is 4.79 Å². The van der Waals surface area contributed by atoms with Crippen LogP contribution in [0.25, 0.3) is 10.9 Å². The number of furan rings is 1. The highest BCUT2D eigenvalue weighted by atomic mass is 16.6. The first-order chi connectivity index (χ1) is 15.1. The molecule has 31 heavy (non-hydrogen) atoms. The summed E-state index contributed by atoms with van der Waals surface area (Å²) < 4.78 is 27.2. The fourth-order valence-electron chi connectivity index (χ4n) is 3.03. The van der Waals surface area contributed by atoms with Gasteiger partial charge in [-0.25, -0.2) is 0 Å². The Morgan fingerprint density at radius 2 is 1.68 bits per heavy atom. The van der Waals surface area contributed by atoms with Crippen LogP contribution in [0.4, 0.5) is 5.69 Å². The Hall–Kier alpha value is -4.20. The second-order valence-corrected chi connectivity index (χ2v) is 6.44. The molecule has 0 unspecified atom stereocenters. The number of carbonyl (C=O) groups excluding carboxylic acids is 1. The molecular weight excluding hydrogens is 400 g/mol. The van der Waals surface area contributed by atoms with Gasteiger partial charge in [-0.1, -0.05) is 6.07 Å². The van der Waals surface area contributed by atoms with E-state index in [-0.39, 0.29) is 11.7 Å². The van der Waals surface area contributed by atoms with Crippen molar-refractivity contribution in [3.8, 4) is 28.9 Å². The second-order valence-electron chi connectivity index (χ2n) is 6.44. The van der Waals surface area contributed by atoms with E-state index in [1.54, 1.807) is 30.5 Å². The number of benzene rings is 2. The summed E-state index contributed by atoms with van der Waals surface area (Å²) in [5.41, 5.74) is 1.22. The summed E-state index contributed by atoms with van der Waals surface area (Å²) in [4.78, 5) is 17.0. The van der Waals surface area contributed by atoms with Crippen molar-refractivity contribution in [3.05, 3.63) is 66.6 Å². The largest absolute Gasteiger partial charge is 0.496 e. The normalized spacial score (nSPS) is 10.5.